The summed E-state index contributed by atoms with van der Waals surface area (Å²) in [7, 11) is 0. The second-order valence-electron chi connectivity index (χ2n) is 3.97. The van der Waals surface area contributed by atoms with Crippen molar-refractivity contribution in [2.45, 2.75) is 25.7 Å². The van der Waals surface area contributed by atoms with Gasteiger partial charge in [-0.1, -0.05) is 0 Å². The summed E-state index contributed by atoms with van der Waals surface area (Å²) in [6.45, 7) is -0.309. The van der Waals surface area contributed by atoms with Gasteiger partial charge in [0.05, 0.1) is 38.8 Å². The van der Waals surface area contributed by atoms with E-state index in [2.05, 4.69) is 0 Å². The first-order valence-corrected chi connectivity index (χ1v) is 5.91. The third-order valence-electron chi connectivity index (χ3n) is 2.35. The zero-order valence-corrected chi connectivity index (χ0v) is 10.4. The summed E-state index contributed by atoms with van der Waals surface area (Å²) >= 11 is 0. The first-order valence-electron chi connectivity index (χ1n) is 5.91. The number of hydrogen-bond acceptors (Lipinski definition) is 10. The quantitative estimate of drug-likeness (QED) is 0.641. The lowest BCUT2D eigenvalue weighted by molar-refractivity contribution is -0.351. The Morgan fingerprint density at radius 3 is 1.10 bits per heavy atom. The van der Waals surface area contributed by atoms with Crippen LogP contribution in [0, 0.1) is 0 Å². The topological polar surface area (TPSA) is 112 Å². The molecule has 0 radical (unpaired) electrons. The molecule has 10 heteroatoms. The molecule has 0 aliphatic carbocycles. The molecule has 0 bridgehead atoms. The molecular weight excluding hydrogens is 276 g/mol. The average molecular weight is 288 g/mol. The fourth-order valence-electron chi connectivity index (χ4n) is 1.43. The number of hydrogen-bond donors (Lipinski definition) is 0. The monoisotopic (exact) mass is 288 g/mol. The summed E-state index contributed by atoms with van der Waals surface area (Å²) < 4.78 is 0. The molecule has 0 unspecified atom stereocenters. The van der Waals surface area contributed by atoms with Crippen molar-refractivity contribution >= 4 is 23.9 Å². The van der Waals surface area contributed by atoms with Crippen molar-refractivity contribution in [3.8, 4) is 0 Å². The predicted molar refractivity (Wildman–Crippen MR) is 56.2 cm³/mol. The summed E-state index contributed by atoms with van der Waals surface area (Å²) in [5, 5.41) is 1.31. The van der Waals surface area contributed by atoms with Gasteiger partial charge in [-0.05, 0) is 0 Å². The van der Waals surface area contributed by atoms with Crippen LogP contribution in [0.1, 0.15) is 25.7 Å². The van der Waals surface area contributed by atoms with Crippen LogP contribution in [-0.4, -0.2) is 47.4 Å². The molecule has 2 rings (SSSR count). The van der Waals surface area contributed by atoms with Gasteiger partial charge in [0.25, 0.3) is 0 Å². The van der Waals surface area contributed by atoms with Crippen LogP contribution in [0.25, 0.3) is 0 Å². The van der Waals surface area contributed by atoms with Gasteiger partial charge < -0.3 is 19.4 Å². The van der Waals surface area contributed by atoms with Crippen LogP contribution in [-0.2, 0) is 38.5 Å². The predicted octanol–water partition coefficient (Wildman–Crippen LogP) is -0.989. The molecule has 20 heavy (non-hydrogen) atoms. The van der Waals surface area contributed by atoms with E-state index in [0.29, 0.717) is 10.5 Å². The molecule has 0 saturated carbocycles. The zero-order chi connectivity index (χ0) is 14.5. The van der Waals surface area contributed by atoms with Crippen molar-refractivity contribution in [2.24, 2.45) is 0 Å². The van der Waals surface area contributed by atoms with Gasteiger partial charge >= 0.3 is 23.9 Å². The molecule has 0 spiro atoms. The Morgan fingerprint density at radius 2 is 0.850 bits per heavy atom. The fourth-order valence-corrected chi connectivity index (χ4v) is 1.43. The van der Waals surface area contributed by atoms with Crippen LogP contribution in [0.15, 0.2) is 0 Å². The van der Waals surface area contributed by atoms with E-state index in [1.54, 1.807) is 0 Å². The minimum Gasteiger partial charge on any atom is -0.333 e. The van der Waals surface area contributed by atoms with Crippen LogP contribution >= 0.6 is 0 Å². The summed E-state index contributed by atoms with van der Waals surface area (Å²) in [6.07, 6.45) is -0.321. The van der Waals surface area contributed by atoms with E-state index < -0.39 is 23.9 Å². The normalized spacial score (nSPS) is 22.2. The van der Waals surface area contributed by atoms with E-state index in [0.717, 1.165) is 0 Å². The molecule has 110 valence electrons. The first kappa shape index (κ1) is 14.2. The van der Waals surface area contributed by atoms with Crippen molar-refractivity contribution in [1.29, 1.82) is 0 Å². The Balaban J connectivity index is 1.86. The molecule has 0 aromatic carbocycles. The largest absolute Gasteiger partial charge is 0.333 e. The van der Waals surface area contributed by atoms with Gasteiger partial charge in [-0.3, -0.25) is 19.2 Å². The van der Waals surface area contributed by atoms with Crippen LogP contribution in [0.2, 0.25) is 0 Å². The molecule has 0 atom stereocenters. The maximum absolute atomic E-state index is 11.2. The second-order valence-corrected chi connectivity index (χ2v) is 3.97. The first-order chi connectivity index (χ1) is 9.52. The SMILES string of the molecule is O=C1CCC(=O)ON(CCN2OC(=O)CCC(=O)O2)O1. The average Bonchev–Trinajstić information content (AvgIpc) is 2.64. The third kappa shape index (κ3) is 4.17. The minimum atomic E-state index is -0.624. The zero-order valence-electron chi connectivity index (χ0n) is 10.4. The van der Waals surface area contributed by atoms with Crippen LogP contribution < -0.4 is 0 Å². The van der Waals surface area contributed by atoms with Crippen LogP contribution in [0.4, 0.5) is 0 Å². The Kier molecular flexibility index (Phi) is 4.48. The van der Waals surface area contributed by atoms with E-state index in [9.17, 15) is 19.2 Å². The van der Waals surface area contributed by atoms with E-state index in [-0.39, 0.29) is 38.8 Å². The van der Waals surface area contributed by atoms with Crippen molar-refractivity contribution < 1.29 is 38.5 Å². The molecule has 0 amide bonds. The standard InChI is InChI=1S/C10H12N2O8/c13-7-1-2-8(14)18-11(17-7)5-6-12-19-9(15)3-4-10(16)20-12/h1-6H2. The van der Waals surface area contributed by atoms with E-state index in [1.807, 2.05) is 0 Å². The van der Waals surface area contributed by atoms with Gasteiger partial charge in [-0.15, -0.1) is 0 Å². The highest BCUT2D eigenvalue weighted by molar-refractivity contribution is 5.79. The Labute approximate surface area is 112 Å². The lowest BCUT2D eigenvalue weighted by Gasteiger charge is -2.20. The van der Waals surface area contributed by atoms with Gasteiger partial charge in [0, 0.05) is 10.5 Å². The summed E-state index contributed by atoms with van der Waals surface area (Å²) in [5.74, 6) is -2.50. The number of nitrogens with zero attached hydrogens (tertiary/aromatic N) is 2. The molecule has 2 heterocycles. The van der Waals surface area contributed by atoms with Crippen molar-refractivity contribution in [2.75, 3.05) is 13.1 Å². The van der Waals surface area contributed by atoms with Gasteiger partial charge in [0.15, 0.2) is 0 Å². The highest BCUT2D eigenvalue weighted by Gasteiger charge is 2.27. The van der Waals surface area contributed by atoms with E-state index in [4.69, 9.17) is 19.4 Å². The lowest BCUT2D eigenvalue weighted by atomic mass is 10.3. The summed E-state index contributed by atoms with van der Waals surface area (Å²) in [6, 6.07) is 0. The Morgan fingerprint density at radius 1 is 0.600 bits per heavy atom. The molecule has 10 nitrogen and oxygen atoms in total. The molecule has 0 aromatic rings. The second kappa shape index (κ2) is 6.30. The van der Waals surface area contributed by atoms with Gasteiger partial charge in [-0.25, -0.2) is 0 Å². The lowest BCUT2D eigenvalue weighted by Crippen LogP contribution is -2.37. The third-order valence-corrected chi connectivity index (χ3v) is 2.35. The van der Waals surface area contributed by atoms with Crippen molar-refractivity contribution in [3.63, 3.8) is 0 Å². The Hall–Kier alpha value is -2.20. The molecule has 0 aromatic heterocycles. The van der Waals surface area contributed by atoms with Crippen LogP contribution in [0.5, 0.6) is 0 Å². The number of rotatable bonds is 3. The molecule has 0 N–H and O–H groups in total. The smallest absolute Gasteiger partial charge is 0.329 e. The Bertz CT molecular complexity index is 361. The van der Waals surface area contributed by atoms with Gasteiger partial charge in [0.1, 0.15) is 0 Å². The molecule has 2 aliphatic heterocycles. The molecular formula is C10H12N2O8. The highest BCUT2D eigenvalue weighted by atomic mass is 17.0. The number of carbonyl (C=O) groups excluding carboxylic acids is 4. The van der Waals surface area contributed by atoms with Crippen molar-refractivity contribution in [1.82, 2.24) is 10.5 Å². The van der Waals surface area contributed by atoms with E-state index >= 15 is 0 Å². The maximum Gasteiger partial charge on any atom is 0.329 e. The molecule has 2 fully saturated rings. The van der Waals surface area contributed by atoms with Crippen LogP contribution in [0.3, 0.4) is 0 Å². The molecule has 2 aliphatic rings. The summed E-state index contributed by atoms with van der Waals surface area (Å²) in [4.78, 5) is 63.5. The van der Waals surface area contributed by atoms with Crippen molar-refractivity contribution in [3.05, 3.63) is 0 Å². The fraction of sp³-hybridized carbons (Fsp3) is 0.600. The van der Waals surface area contributed by atoms with Gasteiger partial charge in [0.2, 0.25) is 0 Å². The summed E-state index contributed by atoms with van der Waals surface area (Å²) in [5.41, 5.74) is 0. The highest BCUT2D eigenvalue weighted by Crippen LogP contribution is 2.10. The van der Waals surface area contributed by atoms with Gasteiger partial charge in [-0.2, -0.15) is 0 Å². The maximum atomic E-state index is 11.2. The number of hydroxylamine groups is 4. The number of carbonyl (C=O) groups is 4. The molecule has 2 saturated heterocycles. The van der Waals surface area contributed by atoms with E-state index in [1.165, 1.54) is 0 Å². The minimum absolute atomic E-state index is 0.0803.